The highest BCUT2D eigenvalue weighted by atomic mass is 32.2. The number of thioether (sulfide) groups is 1. The number of allylic oxidation sites excluding steroid dienone is 3. The van der Waals surface area contributed by atoms with Gasteiger partial charge in [-0.15, -0.1) is 0 Å². The Hall–Kier alpha value is -3.85. The molecule has 0 amide bonds. The van der Waals surface area contributed by atoms with Crippen molar-refractivity contribution in [1.29, 1.82) is 5.41 Å². The molecular formula is C41H61N9O4S. The van der Waals surface area contributed by atoms with Crippen molar-refractivity contribution in [2.45, 2.75) is 105 Å². The topological polar surface area (TPSA) is 190 Å². The number of fused-ring (bicyclic) bond motifs is 2. The number of likely N-dealkylation sites (tertiary alicyclic amines) is 1. The monoisotopic (exact) mass is 775 g/mol. The highest BCUT2D eigenvalue weighted by molar-refractivity contribution is 8.14. The molecule has 0 radical (unpaired) electrons. The molecule has 13 nitrogen and oxygen atoms in total. The van der Waals surface area contributed by atoms with Crippen molar-refractivity contribution in [3.63, 3.8) is 0 Å². The molecule has 3 fully saturated rings. The third-order valence-electron chi connectivity index (χ3n) is 12.2. The third kappa shape index (κ3) is 8.92. The van der Waals surface area contributed by atoms with Crippen molar-refractivity contribution in [2.75, 3.05) is 38.6 Å². The van der Waals surface area contributed by atoms with Gasteiger partial charge in [0.05, 0.1) is 18.4 Å². The fraction of sp³-hybridized carbons (Fsp3) is 0.610. The second kappa shape index (κ2) is 16.7. The molecule has 55 heavy (non-hydrogen) atoms. The molecule has 3 unspecified atom stereocenters. The summed E-state index contributed by atoms with van der Waals surface area (Å²) in [5.41, 5.74) is 11.2. The number of aliphatic hydroxyl groups excluding tert-OH is 2. The van der Waals surface area contributed by atoms with Crippen LogP contribution in [0.15, 0.2) is 69.2 Å². The van der Waals surface area contributed by atoms with E-state index in [2.05, 4.69) is 59.6 Å². The summed E-state index contributed by atoms with van der Waals surface area (Å²) in [6.07, 6.45) is 14.2. The highest BCUT2D eigenvalue weighted by Gasteiger charge is 2.57. The van der Waals surface area contributed by atoms with Crippen LogP contribution in [0.2, 0.25) is 0 Å². The summed E-state index contributed by atoms with van der Waals surface area (Å²) in [6.45, 7) is 18.6. The summed E-state index contributed by atoms with van der Waals surface area (Å²) < 4.78 is 8.98. The van der Waals surface area contributed by atoms with Crippen molar-refractivity contribution < 1.29 is 20.1 Å². The quantitative estimate of drug-likeness (QED) is 0.0510. The van der Waals surface area contributed by atoms with Gasteiger partial charge in [-0.3, -0.25) is 10.1 Å². The van der Waals surface area contributed by atoms with Gasteiger partial charge in [0.15, 0.2) is 5.17 Å². The maximum atomic E-state index is 10.6. The van der Waals surface area contributed by atoms with Gasteiger partial charge in [0.1, 0.15) is 23.2 Å². The first-order valence-electron chi connectivity index (χ1n) is 19.8. The van der Waals surface area contributed by atoms with E-state index in [4.69, 9.17) is 26.1 Å². The zero-order valence-electron chi connectivity index (χ0n) is 33.3. The van der Waals surface area contributed by atoms with Gasteiger partial charge in [-0.1, -0.05) is 45.5 Å². The standard InChI is InChI=1S/C41H61N9O4S/c1-7-39(6)22-40(18-26(2)19-41(23-39,24-40)54-17-14-44-13-9-16-51)25-50-29(5)32(20-45-50)31-11-12-33(47-34(31)37(52)53)49-15-8-10-30(36(49)43)28(4)35(42)48-38-46-27(3)21-55-38/h11-12,20,26,43-44,47,51-53H,3,7-10,13-19,21-25H2,1-2,4-6H3,(H2,42,46,48)/b30-28-,43-36?/t26?,39-,40?,41?/m0/s1. The van der Waals surface area contributed by atoms with Crippen LogP contribution in [0.1, 0.15) is 96.7 Å². The van der Waals surface area contributed by atoms with Crippen molar-refractivity contribution in [2.24, 2.45) is 32.5 Å². The van der Waals surface area contributed by atoms with Gasteiger partial charge in [0.2, 0.25) is 0 Å². The average Bonchev–Trinajstić information content (AvgIpc) is 3.71. The molecular weight excluding hydrogens is 715 g/mol. The molecule has 4 heterocycles. The van der Waals surface area contributed by atoms with Crippen LogP contribution in [0.4, 0.5) is 0 Å². The van der Waals surface area contributed by atoms with Crippen LogP contribution in [0, 0.1) is 29.1 Å². The van der Waals surface area contributed by atoms with E-state index in [1.54, 1.807) is 0 Å². The molecule has 3 aliphatic heterocycles. The van der Waals surface area contributed by atoms with E-state index < -0.39 is 5.95 Å². The minimum Gasteiger partial charge on any atom is -0.480 e. The Kier molecular flexibility index (Phi) is 12.4. The number of hydrogen-bond donors (Lipinski definition) is 7. The van der Waals surface area contributed by atoms with Crippen LogP contribution < -0.4 is 16.4 Å². The second-order valence-electron chi connectivity index (χ2n) is 16.8. The van der Waals surface area contributed by atoms with E-state index in [0.717, 1.165) is 99.1 Å². The number of aromatic nitrogens is 2. The molecule has 14 heteroatoms. The van der Waals surface area contributed by atoms with Gasteiger partial charge in [-0.2, -0.15) is 5.10 Å². The summed E-state index contributed by atoms with van der Waals surface area (Å²) >= 11 is 1.49. The van der Waals surface area contributed by atoms with E-state index in [-0.39, 0.29) is 34.6 Å². The number of hydrogen-bond acceptors (Lipinski definition) is 11. The number of nitrogens with two attached hydrogens (primary N) is 1. The van der Waals surface area contributed by atoms with Gasteiger partial charge in [-0.05, 0) is 106 Å². The Balaban J connectivity index is 1.24. The molecule has 8 N–H and O–H groups in total. The first-order valence-corrected chi connectivity index (χ1v) is 20.8. The number of nitrogens with zero attached hydrogens (tertiary/aromatic N) is 5. The molecule has 4 atom stereocenters. The fourth-order valence-electron chi connectivity index (χ4n) is 9.93. The lowest BCUT2D eigenvalue weighted by Gasteiger charge is -2.59. The normalized spacial score (nSPS) is 29.5. The predicted molar refractivity (Wildman–Crippen MR) is 222 cm³/mol. The first-order chi connectivity index (χ1) is 26.2. The van der Waals surface area contributed by atoms with E-state index in [0.29, 0.717) is 53.6 Å². The van der Waals surface area contributed by atoms with Crippen molar-refractivity contribution in [3.8, 4) is 0 Å². The largest absolute Gasteiger partial charge is 0.480 e. The van der Waals surface area contributed by atoms with Gasteiger partial charge in [0, 0.05) is 60.1 Å². The number of piperidine rings is 1. The smallest absolute Gasteiger partial charge is 0.299 e. The minimum absolute atomic E-state index is 0.00711. The molecule has 5 aliphatic rings. The third-order valence-corrected chi connectivity index (χ3v) is 13.1. The molecule has 2 bridgehead atoms. The molecule has 1 aromatic rings. The molecule has 0 spiro atoms. The van der Waals surface area contributed by atoms with Crippen molar-refractivity contribution >= 4 is 34.2 Å². The number of ether oxygens (including phenoxy) is 1. The molecule has 1 aromatic heterocycles. The number of nitrogens with one attached hydrogen (secondary N) is 3. The maximum absolute atomic E-state index is 10.6. The van der Waals surface area contributed by atoms with Gasteiger partial charge in [-0.25, -0.2) is 9.98 Å². The van der Waals surface area contributed by atoms with Crippen LogP contribution in [-0.4, -0.2) is 91.0 Å². The van der Waals surface area contributed by atoms with Gasteiger partial charge >= 0.3 is 0 Å². The fourth-order valence-corrected chi connectivity index (χ4v) is 10.7. The molecule has 300 valence electrons. The minimum atomic E-state index is -0.828. The lowest BCUT2D eigenvalue weighted by atomic mass is 9.50. The molecule has 1 saturated heterocycles. The second-order valence-corrected chi connectivity index (χ2v) is 17.7. The maximum Gasteiger partial charge on any atom is 0.299 e. The zero-order chi connectivity index (χ0) is 39.5. The van der Waals surface area contributed by atoms with E-state index >= 15 is 0 Å². The Morgan fingerprint density at radius 2 is 2.04 bits per heavy atom. The number of aliphatic hydroxyl groups is 3. The number of aliphatic imine (C=N–C) groups is 2. The molecule has 0 aromatic carbocycles. The number of rotatable bonds is 13. The van der Waals surface area contributed by atoms with Gasteiger partial charge in [0.25, 0.3) is 5.95 Å². The Morgan fingerprint density at radius 3 is 2.75 bits per heavy atom. The van der Waals surface area contributed by atoms with Crippen LogP contribution in [0.5, 0.6) is 0 Å². The first kappa shape index (κ1) is 40.8. The summed E-state index contributed by atoms with van der Waals surface area (Å²) in [6, 6.07) is 0. The van der Waals surface area contributed by atoms with Gasteiger partial charge < -0.3 is 41.3 Å². The lowest BCUT2D eigenvalue weighted by Crippen LogP contribution is -2.56. The number of amidine groups is 3. The zero-order valence-corrected chi connectivity index (χ0v) is 34.1. The lowest BCUT2D eigenvalue weighted by molar-refractivity contribution is -0.183. The average molecular weight is 776 g/mol. The highest BCUT2D eigenvalue weighted by Crippen LogP contribution is 2.61. The van der Waals surface area contributed by atoms with Crippen molar-refractivity contribution in [1.82, 2.24) is 25.3 Å². The summed E-state index contributed by atoms with van der Waals surface area (Å²) in [4.78, 5) is 10.7. The Morgan fingerprint density at radius 1 is 1.24 bits per heavy atom. The van der Waals surface area contributed by atoms with Crippen LogP contribution in [-0.2, 0) is 11.3 Å². The summed E-state index contributed by atoms with van der Waals surface area (Å²) in [5.74, 6) is 1.56. The molecule has 2 aliphatic carbocycles. The number of dihydropyridines is 1. The summed E-state index contributed by atoms with van der Waals surface area (Å²) in [5, 5.41) is 51.7. The molecule has 2 saturated carbocycles. The Bertz CT molecular complexity index is 1860. The van der Waals surface area contributed by atoms with E-state index in [1.165, 1.54) is 11.8 Å². The van der Waals surface area contributed by atoms with Crippen LogP contribution >= 0.6 is 11.8 Å². The van der Waals surface area contributed by atoms with Crippen LogP contribution in [0.25, 0.3) is 5.57 Å². The predicted octanol–water partition coefficient (Wildman–Crippen LogP) is 6.41. The van der Waals surface area contributed by atoms with E-state index in [1.807, 2.05) is 30.2 Å². The van der Waals surface area contributed by atoms with Crippen LogP contribution in [0.3, 0.4) is 0 Å². The van der Waals surface area contributed by atoms with Crippen molar-refractivity contribution in [3.05, 3.63) is 70.5 Å². The Labute approximate surface area is 330 Å². The van der Waals surface area contributed by atoms with E-state index in [9.17, 15) is 10.2 Å². The molecule has 6 rings (SSSR count). The SMILES string of the molecule is C=C1CSC(/N=C(N)\C(C)=C2\CCCN(C3=CC=C(c4cnn(CC56CC(C)CC(OCCNCCCO)(C5)C[C@@](C)(CC)C6)c4C)C(=C(O)O)N3)C2=N)=N1. The summed E-state index contributed by atoms with van der Waals surface area (Å²) in [7, 11) is 0.